The van der Waals surface area contributed by atoms with E-state index in [-0.39, 0.29) is 37.2 Å². The van der Waals surface area contributed by atoms with E-state index in [1.165, 1.54) is 10.4 Å². The van der Waals surface area contributed by atoms with Crippen LogP contribution in [0.1, 0.15) is 19.8 Å². The van der Waals surface area contributed by atoms with E-state index < -0.39 is 8.07 Å². The topological polar surface area (TPSA) is 0 Å². The number of rotatable bonds is 4. The fraction of sp³-hybridized carbons (Fsp3) is 0.200. The molecular weight excluding hydrogens is 423 g/mol. The van der Waals surface area contributed by atoms with Crippen LogP contribution in [0.4, 0.5) is 0 Å². The van der Waals surface area contributed by atoms with Crippen LogP contribution >= 0.6 is 0 Å². The van der Waals surface area contributed by atoms with E-state index in [0.717, 1.165) is 12.8 Å². The van der Waals surface area contributed by atoms with Crippen LogP contribution in [0.15, 0.2) is 81.4 Å². The molecule has 0 unspecified atom stereocenters. The Balaban J connectivity index is 0.00000192. The molecule has 0 radical (unpaired) electrons. The summed E-state index contributed by atoms with van der Waals surface area (Å²) in [5.74, 6) is 0. The summed E-state index contributed by atoms with van der Waals surface area (Å²) < 4.78 is 1.56. The van der Waals surface area contributed by atoms with Gasteiger partial charge in [0.2, 0.25) is 0 Å². The van der Waals surface area contributed by atoms with Gasteiger partial charge in [0.25, 0.3) is 0 Å². The first-order valence-electron chi connectivity index (χ1n) is 7.93. The van der Waals surface area contributed by atoms with Gasteiger partial charge in [-0.3, -0.25) is 0 Å². The van der Waals surface area contributed by atoms with Crippen molar-refractivity contribution in [2.24, 2.45) is 0 Å². The molecule has 0 amide bonds. The minimum atomic E-state index is -1.89. The van der Waals surface area contributed by atoms with Crippen molar-refractivity contribution in [3.05, 3.63) is 81.4 Å². The molecule has 0 aliphatic heterocycles. The molecule has 0 spiro atoms. The van der Waals surface area contributed by atoms with Crippen LogP contribution in [0.2, 0.25) is 6.55 Å². The molecule has 0 atom stereocenters. The molecule has 0 aromatic heterocycles. The van der Waals surface area contributed by atoms with Crippen molar-refractivity contribution in [3.63, 3.8) is 0 Å². The molecule has 5 heteroatoms. The molecule has 2 aromatic carbocycles. The van der Waals surface area contributed by atoms with Gasteiger partial charge in [-0.25, -0.2) is 0 Å². The molecule has 130 valence electrons. The summed E-state index contributed by atoms with van der Waals surface area (Å²) in [6.45, 7) is 4.81. The van der Waals surface area contributed by atoms with E-state index >= 15 is 0 Å². The average Bonchev–Trinajstić information content (AvgIpc) is 2.97. The summed E-state index contributed by atoms with van der Waals surface area (Å²) in [6.07, 6.45) is 4.76. The molecule has 25 heavy (non-hydrogen) atoms. The van der Waals surface area contributed by atoms with Crippen LogP contribution < -0.4 is 47.6 Å². The van der Waals surface area contributed by atoms with Crippen molar-refractivity contribution < 1.29 is 57.7 Å². The van der Waals surface area contributed by atoms with Crippen LogP contribution in [-0.4, -0.2) is 8.07 Å². The second-order valence-corrected chi connectivity index (χ2v) is 10.9. The summed E-state index contributed by atoms with van der Waals surface area (Å²) in [5.41, 5.74) is 1.60. The van der Waals surface area contributed by atoms with Gasteiger partial charge in [0.1, 0.15) is 0 Å². The molecule has 2 aromatic rings. The van der Waals surface area contributed by atoms with Crippen LogP contribution in [0.3, 0.4) is 0 Å². The number of allylic oxidation sites excluding steroid dienone is 4. The van der Waals surface area contributed by atoms with Crippen molar-refractivity contribution in [3.8, 4) is 0 Å². The van der Waals surface area contributed by atoms with Crippen molar-refractivity contribution in [1.82, 2.24) is 0 Å². The van der Waals surface area contributed by atoms with Crippen molar-refractivity contribution in [2.75, 3.05) is 0 Å². The Morgan fingerprint density at radius 1 is 0.840 bits per heavy atom. The Kier molecular flexibility index (Phi) is 10.6. The molecule has 3 rings (SSSR count). The standard InChI is InChI=1S/C20H21Si.3ClH.Ti/c1-3-17-11-10-16-20(17)21(2,18-12-6-4-7-13-18)19-14-8-5-9-15-19;;;;/h4-9,12-16H,3,10H2,1-2H3;3*1H;/q;;;;+3/p-3. The van der Waals surface area contributed by atoms with E-state index in [2.05, 4.69) is 101 Å². The quantitative estimate of drug-likeness (QED) is 0.415. The summed E-state index contributed by atoms with van der Waals surface area (Å²) in [7, 11) is -1.89. The second kappa shape index (κ2) is 10.8. The Bertz CT molecular complexity index is 688. The third-order valence-electron chi connectivity index (χ3n) is 4.79. The maximum absolute atomic E-state index is 2.51. The largest absolute Gasteiger partial charge is 1.00 e. The SMILES string of the molecule is CCC1=[C]([Ti+3])CC=C1[Si](C)(c1ccccc1)c1ccccc1.[Cl-].[Cl-].[Cl-]. The smallest absolute Gasteiger partial charge is 1.00 e. The van der Waals surface area contributed by atoms with Gasteiger partial charge >= 0.3 is 147 Å². The molecular formula is C20H21Cl3SiTi. The molecule has 0 fully saturated rings. The Hall–Kier alpha value is -0.279. The van der Waals surface area contributed by atoms with Gasteiger partial charge in [-0.2, -0.15) is 0 Å². The molecule has 1 aliphatic carbocycles. The van der Waals surface area contributed by atoms with Gasteiger partial charge < -0.3 is 37.2 Å². The summed E-state index contributed by atoms with van der Waals surface area (Å²) in [6, 6.07) is 22.2. The van der Waals surface area contributed by atoms with Crippen LogP contribution in [-0.2, 0) is 20.4 Å². The van der Waals surface area contributed by atoms with Crippen molar-refractivity contribution in [2.45, 2.75) is 26.3 Å². The molecule has 0 N–H and O–H groups in total. The summed E-state index contributed by atoms with van der Waals surface area (Å²) in [4.78, 5) is 0. The second-order valence-electron chi connectivity index (χ2n) is 5.99. The predicted octanol–water partition coefficient (Wildman–Crippen LogP) is -5.03. The molecule has 1 aliphatic rings. The Morgan fingerprint density at radius 3 is 1.68 bits per heavy atom. The summed E-state index contributed by atoms with van der Waals surface area (Å²) >= 11 is 2.30. The zero-order chi connectivity index (χ0) is 15.6. The van der Waals surface area contributed by atoms with E-state index in [1.54, 1.807) is 14.6 Å². The molecule has 0 saturated carbocycles. The zero-order valence-corrected chi connectivity index (χ0v) is 19.2. The first kappa shape index (κ1) is 24.7. The minimum Gasteiger partial charge on any atom is -1.00 e. The molecule has 0 bridgehead atoms. The number of hydrogen-bond donors (Lipinski definition) is 0. The number of hydrogen-bond acceptors (Lipinski definition) is 0. The Labute approximate surface area is 182 Å². The van der Waals surface area contributed by atoms with Crippen molar-refractivity contribution in [1.29, 1.82) is 0 Å². The van der Waals surface area contributed by atoms with Crippen LogP contribution in [0, 0.1) is 0 Å². The van der Waals surface area contributed by atoms with Gasteiger partial charge in [0.15, 0.2) is 0 Å². The predicted molar refractivity (Wildman–Crippen MR) is 93.8 cm³/mol. The third-order valence-corrected chi connectivity index (χ3v) is 10.1. The molecule has 0 saturated heterocycles. The number of benzene rings is 2. The normalized spacial score (nSPS) is 13.4. The first-order valence-corrected chi connectivity index (χ1v) is 11.2. The van der Waals surface area contributed by atoms with Gasteiger partial charge in [-0.1, -0.05) is 0 Å². The van der Waals surface area contributed by atoms with Crippen molar-refractivity contribution >= 4 is 18.4 Å². The van der Waals surface area contributed by atoms with E-state index in [9.17, 15) is 0 Å². The summed E-state index contributed by atoms with van der Waals surface area (Å²) in [5, 5.41) is 4.64. The van der Waals surface area contributed by atoms with Gasteiger partial charge in [-0.05, 0) is 0 Å². The Morgan fingerprint density at radius 2 is 1.28 bits per heavy atom. The van der Waals surface area contributed by atoms with Crippen LogP contribution in [0.5, 0.6) is 0 Å². The van der Waals surface area contributed by atoms with Crippen LogP contribution in [0.25, 0.3) is 0 Å². The van der Waals surface area contributed by atoms with Gasteiger partial charge in [0.05, 0.1) is 0 Å². The maximum Gasteiger partial charge on any atom is -1.00 e. The van der Waals surface area contributed by atoms with E-state index in [1.807, 2.05) is 0 Å². The van der Waals surface area contributed by atoms with E-state index in [4.69, 9.17) is 0 Å². The fourth-order valence-corrected chi connectivity index (χ4v) is 8.50. The zero-order valence-electron chi connectivity index (χ0n) is 14.4. The van der Waals surface area contributed by atoms with Gasteiger partial charge in [-0.15, -0.1) is 0 Å². The maximum atomic E-state index is 2.51. The third kappa shape index (κ3) is 4.71. The fourth-order valence-electron chi connectivity index (χ4n) is 3.54. The molecule has 0 nitrogen and oxygen atoms in total. The monoisotopic (exact) mass is 442 g/mol. The molecule has 0 heterocycles. The minimum absolute atomic E-state index is 0. The van der Waals surface area contributed by atoms with Gasteiger partial charge in [0, 0.05) is 0 Å². The average molecular weight is 444 g/mol. The number of halogens is 3. The first-order chi connectivity index (χ1) is 10.7. The van der Waals surface area contributed by atoms with E-state index in [0.29, 0.717) is 0 Å².